The van der Waals surface area contributed by atoms with Gasteiger partial charge in [0.25, 0.3) is 5.91 Å². The lowest BCUT2D eigenvalue weighted by molar-refractivity contribution is -0.123. The standard InChI is InChI=1S/C14H17Cl3N4O4/c1-6(2)3-4-19-14(24)20-7(22)5-25-13(23)11-8(15)10(18)9(16)12(17)21-11/h6H,3-5H2,1-2H3,(H2,18,21)(H2,19,20,22,24). The molecule has 4 N–H and O–H groups in total. The fourth-order valence-corrected chi connectivity index (χ4v) is 2.13. The molecule has 0 aliphatic carbocycles. The fourth-order valence-electron chi connectivity index (χ4n) is 1.55. The number of hydrogen-bond acceptors (Lipinski definition) is 6. The van der Waals surface area contributed by atoms with Crippen molar-refractivity contribution >= 4 is 58.4 Å². The molecule has 138 valence electrons. The molecule has 8 nitrogen and oxygen atoms in total. The largest absolute Gasteiger partial charge is 0.451 e. The number of carbonyl (C=O) groups is 3. The summed E-state index contributed by atoms with van der Waals surface area (Å²) in [5, 5.41) is 3.94. The van der Waals surface area contributed by atoms with Crippen molar-refractivity contribution < 1.29 is 19.1 Å². The number of nitrogen functional groups attached to an aromatic ring is 1. The first-order chi connectivity index (χ1) is 11.6. The van der Waals surface area contributed by atoms with Crippen molar-refractivity contribution in [1.82, 2.24) is 15.6 Å². The number of carbonyl (C=O) groups excluding carboxylic acids is 3. The maximum absolute atomic E-state index is 11.9. The number of nitrogens with two attached hydrogens (primary N) is 1. The smallest absolute Gasteiger partial charge is 0.359 e. The van der Waals surface area contributed by atoms with Gasteiger partial charge in [0, 0.05) is 6.54 Å². The minimum atomic E-state index is -1.04. The molecule has 0 aromatic carbocycles. The minimum absolute atomic E-state index is 0.0981. The molecular weight excluding hydrogens is 395 g/mol. The predicted molar refractivity (Wildman–Crippen MR) is 95.0 cm³/mol. The molecule has 1 aromatic rings. The number of pyridine rings is 1. The number of nitrogens with zero attached hydrogens (tertiary/aromatic N) is 1. The number of imide groups is 1. The van der Waals surface area contributed by atoms with Crippen LogP contribution >= 0.6 is 34.8 Å². The van der Waals surface area contributed by atoms with Crippen molar-refractivity contribution in [1.29, 1.82) is 0 Å². The average Bonchev–Trinajstić information content (AvgIpc) is 2.53. The van der Waals surface area contributed by atoms with Crippen molar-refractivity contribution in [3.63, 3.8) is 0 Å². The molecule has 0 aliphatic rings. The molecule has 0 radical (unpaired) electrons. The van der Waals surface area contributed by atoms with Crippen LogP contribution in [0.5, 0.6) is 0 Å². The number of nitrogens with one attached hydrogen (secondary N) is 2. The maximum Gasteiger partial charge on any atom is 0.359 e. The van der Waals surface area contributed by atoms with Gasteiger partial charge in [-0.1, -0.05) is 48.7 Å². The van der Waals surface area contributed by atoms with Gasteiger partial charge in [0.2, 0.25) is 0 Å². The van der Waals surface area contributed by atoms with Gasteiger partial charge in [-0.3, -0.25) is 10.1 Å². The van der Waals surface area contributed by atoms with Gasteiger partial charge in [-0.2, -0.15) is 0 Å². The molecule has 0 spiro atoms. The zero-order chi connectivity index (χ0) is 19.1. The number of hydrogen-bond donors (Lipinski definition) is 3. The van der Waals surface area contributed by atoms with Gasteiger partial charge < -0.3 is 15.8 Å². The number of urea groups is 1. The zero-order valence-corrected chi connectivity index (χ0v) is 15.8. The van der Waals surface area contributed by atoms with Crippen LogP contribution in [0.4, 0.5) is 10.5 Å². The van der Waals surface area contributed by atoms with E-state index >= 15 is 0 Å². The quantitative estimate of drug-likeness (QED) is 0.488. The summed E-state index contributed by atoms with van der Waals surface area (Å²) in [5.41, 5.74) is 5.06. The molecule has 1 aromatic heterocycles. The Labute approximate surface area is 159 Å². The van der Waals surface area contributed by atoms with Crippen molar-refractivity contribution in [2.75, 3.05) is 18.9 Å². The average molecular weight is 412 g/mol. The Balaban J connectivity index is 2.54. The summed E-state index contributed by atoms with van der Waals surface area (Å²) in [6.45, 7) is 3.70. The molecule has 3 amide bonds. The van der Waals surface area contributed by atoms with E-state index in [1.165, 1.54) is 0 Å². The third kappa shape index (κ3) is 6.56. The molecule has 0 unspecified atom stereocenters. The molecule has 25 heavy (non-hydrogen) atoms. The number of rotatable bonds is 6. The Kier molecular flexibility index (Phi) is 8.21. The van der Waals surface area contributed by atoms with E-state index in [0.717, 1.165) is 6.42 Å². The van der Waals surface area contributed by atoms with Crippen LogP contribution in [-0.2, 0) is 9.53 Å². The first kappa shape index (κ1) is 21.3. The van der Waals surface area contributed by atoms with Crippen LogP contribution in [0.1, 0.15) is 30.8 Å². The molecule has 0 saturated heterocycles. The summed E-state index contributed by atoms with van der Waals surface area (Å²) in [7, 11) is 0. The number of amides is 3. The van der Waals surface area contributed by atoms with E-state index in [4.69, 9.17) is 45.3 Å². The highest BCUT2D eigenvalue weighted by molar-refractivity contribution is 6.46. The van der Waals surface area contributed by atoms with Crippen LogP contribution < -0.4 is 16.4 Å². The Hall–Kier alpha value is -1.77. The third-order valence-corrected chi connectivity index (χ3v) is 4.00. The molecule has 11 heteroatoms. The summed E-state index contributed by atoms with van der Waals surface area (Å²) in [5.74, 6) is -1.45. The van der Waals surface area contributed by atoms with E-state index < -0.39 is 24.5 Å². The summed E-state index contributed by atoms with van der Waals surface area (Å²) in [6, 6.07) is -0.684. The van der Waals surface area contributed by atoms with Crippen LogP contribution in [0, 0.1) is 5.92 Å². The number of halogens is 3. The third-order valence-electron chi connectivity index (χ3n) is 2.86. The van der Waals surface area contributed by atoms with Gasteiger partial charge in [-0.25, -0.2) is 14.6 Å². The minimum Gasteiger partial charge on any atom is -0.451 e. The summed E-state index contributed by atoms with van der Waals surface area (Å²) < 4.78 is 4.73. The lowest BCUT2D eigenvalue weighted by atomic mass is 10.1. The van der Waals surface area contributed by atoms with Crippen LogP contribution in [-0.4, -0.2) is 36.0 Å². The monoisotopic (exact) mass is 410 g/mol. The molecule has 0 atom stereocenters. The van der Waals surface area contributed by atoms with E-state index in [-0.39, 0.29) is 26.6 Å². The molecule has 0 saturated carbocycles. The van der Waals surface area contributed by atoms with Gasteiger partial charge in [0.05, 0.1) is 10.7 Å². The van der Waals surface area contributed by atoms with Gasteiger partial charge in [-0.15, -0.1) is 0 Å². The van der Waals surface area contributed by atoms with Gasteiger partial charge >= 0.3 is 12.0 Å². The van der Waals surface area contributed by atoms with Crippen molar-refractivity contribution in [3.8, 4) is 0 Å². The molecule has 0 fully saturated rings. The first-order valence-corrected chi connectivity index (χ1v) is 8.31. The van der Waals surface area contributed by atoms with Gasteiger partial charge in [0.1, 0.15) is 5.02 Å². The molecule has 0 bridgehead atoms. The predicted octanol–water partition coefficient (Wildman–Crippen LogP) is 2.65. The molecule has 0 aliphatic heterocycles. The Morgan fingerprint density at radius 1 is 1.20 bits per heavy atom. The number of aromatic nitrogens is 1. The van der Waals surface area contributed by atoms with E-state index in [0.29, 0.717) is 12.5 Å². The zero-order valence-electron chi connectivity index (χ0n) is 13.5. The lowest BCUT2D eigenvalue weighted by Crippen LogP contribution is -2.42. The second-order valence-corrected chi connectivity index (χ2v) is 6.47. The summed E-state index contributed by atoms with van der Waals surface area (Å²) in [4.78, 5) is 38.6. The SMILES string of the molecule is CC(C)CCNC(=O)NC(=O)COC(=O)c1nc(Cl)c(Cl)c(N)c1Cl. The maximum atomic E-state index is 11.9. The first-order valence-electron chi connectivity index (χ1n) is 7.18. The van der Waals surface area contributed by atoms with Crippen LogP contribution in [0.3, 0.4) is 0 Å². The highest BCUT2D eigenvalue weighted by Crippen LogP contribution is 2.34. The molecular formula is C14H17Cl3N4O4. The van der Waals surface area contributed by atoms with Crippen molar-refractivity contribution in [2.24, 2.45) is 5.92 Å². The Morgan fingerprint density at radius 3 is 2.44 bits per heavy atom. The highest BCUT2D eigenvalue weighted by Gasteiger charge is 2.22. The molecule has 1 rings (SSSR count). The van der Waals surface area contributed by atoms with Crippen LogP contribution in [0.2, 0.25) is 15.2 Å². The second-order valence-electron chi connectivity index (χ2n) is 5.36. The van der Waals surface area contributed by atoms with Gasteiger partial charge in [-0.05, 0) is 12.3 Å². The second kappa shape index (κ2) is 9.65. The van der Waals surface area contributed by atoms with E-state index in [1.54, 1.807) is 0 Å². The summed E-state index contributed by atoms with van der Waals surface area (Å²) >= 11 is 17.3. The van der Waals surface area contributed by atoms with Crippen LogP contribution in [0.25, 0.3) is 0 Å². The fraction of sp³-hybridized carbons (Fsp3) is 0.429. The Bertz CT molecular complexity index is 683. The van der Waals surface area contributed by atoms with Crippen molar-refractivity contribution in [2.45, 2.75) is 20.3 Å². The topological polar surface area (TPSA) is 123 Å². The lowest BCUT2D eigenvalue weighted by Gasteiger charge is -2.10. The molecule has 1 heterocycles. The number of esters is 1. The van der Waals surface area contributed by atoms with Gasteiger partial charge in [0.15, 0.2) is 17.5 Å². The number of anilines is 1. The van der Waals surface area contributed by atoms with E-state index in [9.17, 15) is 14.4 Å². The highest BCUT2D eigenvalue weighted by atomic mass is 35.5. The van der Waals surface area contributed by atoms with Crippen LogP contribution in [0.15, 0.2) is 0 Å². The summed E-state index contributed by atoms with van der Waals surface area (Å²) in [6.07, 6.45) is 0.763. The van der Waals surface area contributed by atoms with Crippen molar-refractivity contribution in [3.05, 3.63) is 20.9 Å². The van der Waals surface area contributed by atoms with E-state index in [2.05, 4.69) is 10.3 Å². The normalized spacial score (nSPS) is 10.5. The Morgan fingerprint density at radius 2 is 1.84 bits per heavy atom. The van der Waals surface area contributed by atoms with E-state index in [1.807, 2.05) is 19.2 Å². The number of ether oxygens (including phenoxy) is 1.